The third-order valence-corrected chi connectivity index (χ3v) is 4.65. The molecule has 8 heteroatoms. The van der Waals surface area contributed by atoms with Crippen LogP contribution in [0, 0.1) is 0 Å². The Morgan fingerprint density at radius 2 is 1.70 bits per heavy atom. The summed E-state index contributed by atoms with van der Waals surface area (Å²) in [6.07, 6.45) is 1.66. The van der Waals surface area contributed by atoms with Gasteiger partial charge in [-0.3, -0.25) is 14.6 Å². The van der Waals surface area contributed by atoms with Crippen LogP contribution in [0.25, 0.3) is 22.2 Å². The molecule has 0 radical (unpaired) electrons. The summed E-state index contributed by atoms with van der Waals surface area (Å²) in [4.78, 5) is 16.1. The molecule has 2 heterocycles. The molecular weight excluding hydrogens is 364 g/mol. The molecule has 0 aliphatic rings. The molecule has 0 amide bonds. The van der Waals surface area contributed by atoms with Crippen molar-refractivity contribution in [2.75, 3.05) is 0 Å². The first-order valence-corrected chi connectivity index (χ1v) is 8.73. The number of fused-ring (bicyclic) bond motifs is 1. The Hall–Kier alpha value is -2.91. The highest BCUT2D eigenvalue weighted by Gasteiger charge is 2.15. The monoisotopic (exact) mass is 384 g/mol. The fourth-order valence-electron chi connectivity index (χ4n) is 2.91. The highest BCUT2D eigenvalue weighted by molar-refractivity contribution is 7.97. The van der Waals surface area contributed by atoms with Gasteiger partial charge in [0.25, 0.3) is 5.56 Å². The number of hydrogen-bond donors (Lipinski definition) is 2. The second-order valence-corrected chi connectivity index (χ2v) is 6.41. The van der Waals surface area contributed by atoms with Crippen LogP contribution in [0.15, 0.2) is 76.6 Å². The normalized spacial score (nSPS) is 10.3. The molecular formula is C19H20N4O3S. The lowest BCUT2D eigenvalue weighted by Gasteiger charge is -2.04. The molecule has 7 nitrogen and oxygen atoms in total. The molecule has 0 fully saturated rings. The van der Waals surface area contributed by atoms with Gasteiger partial charge in [0.2, 0.25) is 0 Å². The summed E-state index contributed by atoms with van der Waals surface area (Å²) in [6, 6.07) is 19.7. The number of benzene rings is 2. The largest absolute Gasteiger partial charge is 0.412 e. The van der Waals surface area contributed by atoms with E-state index in [1.807, 2.05) is 60.7 Å². The summed E-state index contributed by atoms with van der Waals surface area (Å²) < 4.78 is 1.76. The Balaban J connectivity index is 0.00000131. The first-order valence-electron chi connectivity index (χ1n) is 7.85. The summed E-state index contributed by atoms with van der Waals surface area (Å²) in [5.74, 6) is 0. The predicted octanol–water partition coefficient (Wildman–Crippen LogP) is 1.76. The first-order chi connectivity index (χ1) is 12.3. The maximum atomic E-state index is 12.4. The number of rotatable bonds is 4. The number of aromatic nitrogens is 3. The zero-order valence-electron chi connectivity index (χ0n) is 14.3. The van der Waals surface area contributed by atoms with E-state index in [0.717, 1.165) is 27.1 Å². The van der Waals surface area contributed by atoms with Crippen LogP contribution >= 0.6 is 11.9 Å². The minimum absolute atomic E-state index is 0. The van der Waals surface area contributed by atoms with Crippen LogP contribution < -0.4 is 10.7 Å². The number of hydrogen-bond acceptors (Lipinski definition) is 4. The number of aromatic amines is 1. The number of nitrogens with one attached hydrogen (secondary N) is 1. The molecule has 27 heavy (non-hydrogen) atoms. The third-order valence-electron chi connectivity index (χ3n) is 4.11. The predicted molar refractivity (Wildman–Crippen MR) is 109 cm³/mol. The van der Waals surface area contributed by atoms with Gasteiger partial charge in [-0.25, -0.2) is 0 Å². The SMILES string of the molecule is NSc1ccc(Cn2nc(-c3ccccc3)c3cc[nH]c(=O)c32)cc1.O.O. The zero-order chi connectivity index (χ0) is 17.2. The maximum Gasteiger partial charge on any atom is 0.274 e. The highest BCUT2D eigenvalue weighted by atomic mass is 32.2. The van der Waals surface area contributed by atoms with Crippen molar-refractivity contribution in [1.82, 2.24) is 14.8 Å². The van der Waals surface area contributed by atoms with E-state index in [4.69, 9.17) is 10.2 Å². The molecule has 4 rings (SSSR count). The Kier molecular flexibility index (Phi) is 6.54. The van der Waals surface area contributed by atoms with Gasteiger partial charge in [-0.1, -0.05) is 42.5 Å². The molecule has 140 valence electrons. The Bertz CT molecular complexity index is 1080. The van der Waals surface area contributed by atoms with E-state index in [9.17, 15) is 4.79 Å². The molecule has 0 aliphatic carbocycles. The van der Waals surface area contributed by atoms with Crippen LogP contribution in [0.4, 0.5) is 0 Å². The van der Waals surface area contributed by atoms with E-state index in [1.165, 1.54) is 11.9 Å². The van der Waals surface area contributed by atoms with Gasteiger partial charge in [-0.2, -0.15) is 5.10 Å². The van der Waals surface area contributed by atoms with Crippen molar-refractivity contribution in [3.8, 4) is 11.3 Å². The van der Waals surface area contributed by atoms with Crippen LogP contribution in [0.3, 0.4) is 0 Å². The number of H-pyrrole nitrogens is 1. The molecule has 7 N–H and O–H groups in total. The van der Waals surface area contributed by atoms with Crippen molar-refractivity contribution in [2.24, 2.45) is 5.14 Å². The number of nitrogens with zero attached hydrogens (tertiary/aromatic N) is 2. The van der Waals surface area contributed by atoms with Gasteiger partial charge in [0.1, 0.15) is 11.2 Å². The van der Waals surface area contributed by atoms with Crippen molar-refractivity contribution in [3.05, 3.63) is 82.8 Å². The van der Waals surface area contributed by atoms with E-state index >= 15 is 0 Å². The van der Waals surface area contributed by atoms with Gasteiger partial charge < -0.3 is 15.9 Å². The van der Waals surface area contributed by atoms with Gasteiger partial charge in [0.15, 0.2) is 0 Å². The van der Waals surface area contributed by atoms with E-state index in [0.29, 0.717) is 12.1 Å². The van der Waals surface area contributed by atoms with Crippen LogP contribution in [-0.2, 0) is 6.54 Å². The molecule has 0 spiro atoms. The van der Waals surface area contributed by atoms with E-state index in [1.54, 1.807) is 10.9 Å². The first kappa shape index (κ1) is 20.4. The van der Waals surface area contributed by atoms with Gasteiger partial charge in [0, 0.05) is 22.0 Å². The van der Waals surface area contributed by atoms with Crippen LogP contribution in [0.2, 0.25) is 0 Å². The van der Waals surface area contributed by atoms with E-state index < -0.39 is 0 Å². The van der Waals surface area contributed by atoms with Crippen molar-refractivity contribution >= 4 is 22.9 Å². The fraction of sp³-hybridized carbons (Fsp3) is 0.0526. The molecule has 2 aromatic carbocycles. The molecule has 0 unspecified atom stereocenters. The second kappa shape index (κ2) is 8.65. The lowest BCUT2D eigenvalue weighted by Crippen LogP contribution is -2.12. The summed E-state index contributed by atoms with van der Waals surface area (Å²) in [5, 5.41) is 11.1. The third kappa shape index (κ3) is 3.93. The second-order valence-electron chi connectivity index (χ2n) is 5.70. The highest BCUT2D eigenvalue weighted by Crippen LogP contribution is 2.26. The van der Waals surface area contributed by atoms with Crippen LogP contribution in [0.1, 0.15) is 5.56 Å². The van der Waals surface area contributed by atoms with Gasteiger partial charge in [-0.05, 0) is 35.7 Å². The maximum absolute atomic E-state index is 12.4. The summed E-state index contributed by atoms with van der Waals surface area (Å²) in [7, 11) is 0. The average Bonchev–Trinajstić information content (AvgIpc) is 3.03. The van der Waals surface area contributed by atoms with Crippen LogP contribution in [-0.4, -0.2) is 25.7 Å². The van der Waals surface area contributed by atoms with E-state index in [2.05, 4.69) is 4.98 Å². The van der Waals surface area contributed by atoms with Gasteiger partial charge >= 0.3 is 0 Å². The quantitative estimate of drug-likeness (QED) is 0.517. The Morgan fingerprint density at radius 1 is 1.00 bits per heavy atom. The molecule has 0 atom stereocenters. The Morgan fingerprint density at radius 3 is 2.37 bits per heavy atom. The average molecular weight is 384 g/mol. The fourth-order valence-corrected chi connectivity index (χ4v) is 3.21. The van der Waals surface area contributed by atoms with Crippen LogP contribution in [0.5, 0.6) is 0 Å². The lowest BCUT2D eigenvalue weighted by atomic mass is 10.1. The molecule has 0 saturated heterocycles. The number of pyridine rings is 1. The van der Waals surface area contributed by atoms with Crippen molar-refractivity contribution < 1.29 is 11.0 Å². The van der Waals surface area contributed by atoms with E-state index in [-0.39, 0.29) is 16.5 Å². The standard InChI is InChI=1S/C19H16N4OS.2H2O/c20-25-15-8-6-13(7-9-15)12-23-18-16(10-11-21-19(18)24)17(22-23)14-4-2-1-3-5-14;;/h1-11H,12,20H2,(H,21,24);2*1H2. The molecule has 0 bridgehead atoms. The summed E-state index contributed by atoms with van der Waals surface area (Å²) in [5.41, 5.74) is 3.31. The van der Waals surface area contributed by atoms with Crippen molar-refractivity contribution in [1.29, 1.82) is 0 Å². The smallest absolute Gasteiger partial charge is 0.274 e. The Labute approximate surface area is 159 Å². The molecule has 0 saturated carbocycles. The minimum Gasteiger partial charge on any atom is -0.412 e. The molecule has 0 aliphatic heterocycles. The summed E-state index contributed by atoms with van der Waals surface area (Å²) in [6.45, 7) is 0.520. The topological polar surface area (TPSA) is 140 Å². The van der Waals surface area contributed by atoms with Crippen molar-refractivity contribution in [2.45, 2.75) is 11.4 Å². The number of nitrogens with two attached hydrogens (primary N) is 1. The van der Waals surface area contributed by atoms with Gasteiger partial charge in [0.05, 0.1) is 6.54 Å². The summed E-state index contributed by atoms with van der Waals surface area (Å²) >= 11 is 1.21. The zero-order valence-corrected chi connectivity index (χ0v) is 15.2. The molecule has 2 aromatic heterocycles. The lowest BCUT2D eigenvalue weighted by molar-refractivity contribution is 0.711. The minimum atomic E-state index is -0.138. The van der Waals surface area contributed by atoms with Gasteiger partial charge in [-0.15, -0.1) is 0 Å². The molecule has 4 aromatic rings. The van der Waals surface area contributed by atoms with Crippen molar-refractivity contribution in [3.63, 3.8) is 0 Å².